The van der Waals surface area contributed by atoms with Crippen molar-refractivity contribution in [2.24, 2.45) is 0 Å². The molecule has 16 heavy (non-hydrogen) atoms. The van der Waals surface area contributed by atoms with Gasteiger partial charge in [-0.3, -0.25) is 4.79 Å². The number of likely N-dealkylation sites (tertiary alicyclic amines) is 1. The summed E-state index contributed by atoms with van der Waals surface area (Å²) in [5.41, 5.74) is 0. The zero-order chi connectivity index (χ0) is 12.0. The van der Waals surface area contributed by atoms with Gasteiger partial charge in [-0.15, -0.1) is 0 Å². The van der Waals surface area contributed by atoms with E-state index in [-0.39, 0.29) is 18.5 Å². The SMILES string of the molecule is CN(C)C(=O)CNC(=O)N1CCCCCC1. The molecule has 1 N–H and O–H groups in total. The van der Waals surface area contributed by atoms with Crippen molar-refractivity contribution in [2.75, 3.05) is 33.7 Å². The summed E-state index contributed by atoms with van der Waals surface area (Å²) < 4.78 is 0. The monoisotopic (exact) mass is 227 g/mol. The molecule has 0 atom stereocenters. The molecule has 1 aliphatic rings. The Morgan fingerprint density at radius 3 is 2.19 bits per heavy atom. The molecule has 0 unspecified atom stereocenters. The zero-order valence-corrected chi connectivity index (χ0v) is 10.2. The molecule has 3 amide bonds. The summed E-state index contributed by atoms with van der Waals surface area (Å²) in [6.45, 7) is 1.70. The fraction of sp³-hybridized carbons (Fsp3) is 0.818. The lowest BCUT2D eigenvalue weighted by molar-refractivity contribution is -0.127. The lowest BCUT2D eigenvalue weighted by Crippen LogP contribution is -2.44. The van der Waals surface area contributed by atoms with Crippen molar-refractivity contribution in [3.63, 3.8) is 0 Å². The molecule has 0 aromatic rings. The first-order valence-electron chi connectivity index (χ1n) is 5.84. The van der Waals surface area contributed by atoms with Crippen LogP contribution in [0.1, 0.15) is 25.7 Å². The normalized spacial score (nSPS) is 16.5. The molecule has 0 bridgehead atoms. The maximum absolute atomic E-state index is 11.7. The van der Waals surface area contributed by atoms with Gasteiger partial charge in [0.05, 0.1) is 6.54 Å². The van der Waals surface area contributed by atoms with Crippen molar-refractivity contribution in [3.05, 3.63) is 0 Å². The second kappa shape index (κ2) is 6.35. The van der Waals surface area contributed by atoms with Crippen molar-refractivity contribution >= 4 is 11.9 Å². The lowest BCUT2D eigenvalue weighted by Gasteiger charge is -2.21. The summed E-state index contributed by atoms with van der Waals surface area (Å²) in [6, 6.07) is -0.114. The number of carbonyl (C=O) groups excluding carboxylic acids is 2. The minimum absolute atomic E-state index is 0.0804. The minimum atomic E-state index is -0.114. The van der Waals surface area contributed by atoms with Gasteiger partial charge in [0, 0.05) is 27.2 Å². The highest BCUT2D eigenvalue weighted by Gasteiger charge is 2.16. The molecule has 92 valence electrons. The van der Waals surface area contributed by atoms with Gasteiger partial charge in [0.2, 0.25) is 5.91 Å². The number of hydrogen-bond donors (Lipinski definition) is 1. The van der Waals surface area contributed by atoms with Gasteiger partial charge in [-0.2, -0.15) is 0 Å². The van der Waals surface area contributed by atoms with Gasteiger partial charge in [0.1, 0.15) is 0 Å². The van der Waals surface area contributed by atoms with Crippen molar-refractivity contribution in [1.82, 2.24) is 15.1 Å². The number of amides is 3. The van der Waals surface area contributed by atoms with E-state index in [1.54, 1.807) is 19.0 Å². The molecule has 0 aromatic carbocycles. The van der Waals surface area contributed by atoms with Crippen molar-refractivity contribution in [2.45, 2.75) is 25.7 Å². The number of hydrogen-bond acceptors (Lipinski definition) is 2. The van der Waals surface area contributed by atoms with Crippen LogP contribution < -0.4 is 5.32 Å². The first-order valence-corrected chi connectivity index (χ1v) is 5.84. The van der Waals surface area contributed by atoms with Gasteiger partial charge in [0.25, 0.3) is 0 Å². The zero-order valence-electron chi connectivity index (χ0n) is 10.2. The van der Waals surface area contributed by atoms with Gasteiger partial charge >= 0.3 is 6.03 Å². The van der Waals surface area contributed by atoms with E-state index in [1.807, 2.05) is 0 Å². The van der Waals surface area contributed by atoms with Crippen LogP contribution in [-0.2, 0) is 4.79 Å². The Labute approximate surface area is 96.8 Å². The van der Waals surface area contributed by atoms with Gasteiger partial charge in [-0.05, 0) is 12.8 Å². The van der Waals surface area contributed by atoms with E-state index in [4.69, 9.17) is 0 Å². The molecule has 0 saturated carbocycles. The molecule has 0 aromatic heterocycles. The highest BCUT2D eigenvalue weighted by molar-refractivity contribution is 5.83. The van der Waals surface area contributed by atoms with Crippen LogP contribution in [0.5, 0.6) is 0 Å². The summed E-state index contributed by atoms with van der Waals surface area (Å²) in [7, 11) is 3.36. The molecule has 0 radical (unpaired) electrons. The third kappa shape index (κ3) is 4.08. The maximum Gasteiger partial charge on any atom is 0.317 e. The number of likely N-dealkylation sites (N-methyl/N-ethyl adjacent to an activating group) is 1. The summed E-state index contributed by atoms with van der Waals surface area (Å²) >= 11 is 0. The predicted molar refractivity (Wildman–Crippen MR) is 62.1 cm³/mol. The molecule has 0 aliphatic carbocycles. The Morgan fingerprint density at radius 2 is 1.69 bits per heavy atom. The minimum Gasteiger partial charge on any atom is -0.347 e. The number of nitrogens with one attached hydrogen (secondary N) is 1. The van der Waals surface area contributed by atoms with E-state index < -0.39 is 0 Å². The number of urea groups is 1. The first kappa shape index (κ1) is 12.8. The number of carbonyl (C=O) groups is 2. The topological polar surface area (TPSA) is 52.7 Å². The second-order valence-electron chi connectivity index (χ2n) is 4.35. The number of rotatable bonds is 2. The Kier molecular flexibility index (Phi) is 5.08. The average molecular weight is 227 g/mol. The smallest absolute Gasteiger partial charge is 0.317 e. The van der Waals surface area contributed by atoms with E-state index in [0.717, 1.165) is 25.9 Å². The summed E-state index contributed by atoms with van der Waals surface area (Å²) in [4.78, 5) is 26.3. The fourth-order valence-electron chi connectivity index (χ4n) is 1.69. The Bertz CT molecular complexity index is 246. The van der Waals surface area contributed by atoms with Crippen LogP contribution in [-0.4, -0.2) is 55.5 Å². The van der Waals surface area contributed by atoms with Crippen LogP contribution in [0.4, 0.5) is 4.79 Å². The highest BCUT2D eigenvalue weighted by atomic mass is 16.2. The highest BCUT2D eigenvalue weighted by Crippen LogP contribution is 2.09. The van der Waals surface area contributed by atoms with Crippen molar-refractivity contribution in [3.8, 4) is 0 Å². The van der Waals surface area contributed by atoms with Crippen LogP contribution in [0, 0.1) is 0 Å². The van der Waals surface area contributed by atoms with E-state index >= 15 is 0 Å². The van der Waals surface area contributed by atoms with Crippen LogP contribution >= 0.6 is 0 Å². The molecule has 5 heteroatoms. The van der Waals surface area contributed by atoms with E-state index in [0.29, 0.717) is 0 Å². The molecule has 1 heterocycles. The molecular weight excluding hydrogens is 206 g/mol. The first-order chi connectivity index (χ1) is 7.61. The largest absolute Gasteiger partial charge is 0.347 e. The molecule has 1 aliphatic heterocycles. The van der Waals surface area contributed by atoms with Crippen molar-refractivity contribution in [1.29, 1.82) is 0 Å². The Balaban J connectivity index is 2.30. The molecule has 1 fully saturated rings. The fourth-order valence-corrected chi connectivity index (χ4v) is 1.69. The standard InChI is InChI=1S/C11H21N3O2/c1-13(2)10(15)9-12-11(16)14-7-5-3-4-6-8-14/h3-9H2,1-2H3,(H,12,16). The molecule has 1 rings (SSSR count). The Morgan fingerprint density at radius 1 is 1.12 bits per heavy atom. The third-order valence-electron chi connectivity index (χ3n) is 2.78. The molecule has 0 spiro atoms. The number of nitrogens with zero attached hydrogens (tertiary/aromatic N) is 2. The molecular formula is C11H21N3O2. The van der Waals surface area contributed by atoms with Crippen molar-refractivity contribution < 1.29 is 9.59 Å². The van der Waals surface area contributed by atoms with Gasteiger partial charge in [-0.1, -0.05) is 12.8 Å². The van der Waals surface area contributed by atoms with E-state index in [1.165, 1.54) is 17.7 Å². The van der Waals surface area contributed by atoms with Crippen LogP contribution in [0.2, 0.25) is 0 Å². The van der Waals surface area contributed by atoms with E-state index in [2.05, 4.69) is 5.32 Å². The summed E-state index contributed by atoms with van der Waals surface area (Å²) in [5.74, 6) is -0.0804. The predicted octanol–water partition coefficient (Wildman–Crippen LogP) is 0.660. The summed E-state index contributed by atoms with van der Waals surface area (Å²) in [6.07, 6.45) is 4.52. The van der Waals surface area contributed by atoms with Crippen LogP contribution in [0.25, 0.3) is 0 Å². The second-order valence-corrected chi connectivity index (χ2v) is 4.35. The van der Waals surface area contributed by atoms with Crippen LogP contribution in [0.3, 0.4) is 0 Å². The summed E-state index contributed by atoms with van der Waals surface area (Å²) in [5, 5.41) is 2.66. The van der Waals surface area contributed by atoms with Gasteiger partial charge in [0.15, 0.2) is 0 Å². The Hall–Kier alpha value is -1.26. The molecule has 1 saturated heterocycles. The lowest BCUT2D eigenvalue weighted by atomic mass is 10.2. The average Bonchev–Trinajstić information content (AvgIpc) is 2.53. The third-order valence-corrected chi connectivity index (χ3v) is 2.78. The van der Waals surface area contributed by atoms with E-state index in [9.17, 15) is 9.59 Å². The van der Waals surface area contributed by atoms with Crippen LogP contribution in [0.15, 0.2) is 0 Å². The van der Waals surface area contributed by atoms with Gasteiger partial charge < -0.3 is 15.1 Å². The quantitative estimate of drug-likeness (QED) is 0.753. The van der Waals surface area contributed by atoms with Gasteiger partial charge in [-0.25, -0.2) is 4.79 Å². The maximum atomic E-state index is 11.7. The molecule has 5 nitrogen and oxygen atoms in total.